The van der Waals surface area contributed by atoms with Crippen molar-refractivity contribution in [2.45, 2.75) is 17.0 Å². The van der Waals surface area contributed by atoms with Gasteiger partial charge >= 0.3 is 0 Å². The van der Waals surface area contributed by atoms with Gasteiger partial charge in [-0.05, 0) is 59.7 Å². The number of aromatic nitrogens is 1. The molecule has 0 unspecified atom stereocenters. The second-order valence-corrected chi connectivity index (χ2v) is 11.1. The third kappa shape index (κ3) is 4.12. The summed E-state index contributed by atoms with van der Waals surface area (Å²) in [5, 5.41) is 1.01. The van der Waals surface area contributed by atoms with Gasteiger partial charge in [-0.1, -0.05) is 65.1 Å². The van der Waals surface area contributed by atoms with Gasteiger partial charge in [-0.2, -0.15) is 0 Å². The highest BCUT2D eigenvalue weighted by molar-refractivity contribution is 7.92. The molecule has 1 aliphatic rings. The Hall–Kier alpha value is -2.84. The van der Waals surface area contributed by atoms with Crippen LogP contribution < -0.4 is 9.86 Å². The molecule has 0 radical (unpaired) electrons. The molecule has 0 saturated carbocycles. The molecule has 1 aliphatic heterocycles. The third-order valence-electron chi connectivity index (χ3n) is 5.88. The van der Waals surface area contributed by atoms with Gasteiger partial charge in [0.2, 0.25) is 0 Å². The van der Waals surface area contributed by atoms with Crippen molar-refractivity contribution in [2.75, 3.05) is 4.31 Å². The summed E-state index contributed by atoms with van der Waals surface area (Å²) in [5.41, 5.74) is 0.794. The number of benzene rings is 3. The third-order valence-corrected chi connectivity index (χ3v) is 8.42. The summed E-state index contributed by atoms with van der Waals surface area (Å²) in [4.78, 5) is 12.5. The first-order valence-corrected chi connectivity index (χ1v) is 13.0. The molecule has 0 N–H and O–H groups in total. The highest BCUT2D eigenvalue weighted by atomic mass is 35.5. The number of anilines is 1. The summed E-state index contributed by atoms with van der Waals surface area (Å²) in [6.45, 7) is 0. The number of hydrogen-bond donors (Lipinski definition) is 0. The zero-order valence-corrected chi connectivity index (χ0v) is 20.9. The van der Waals surface area contributed by atoms with Crippen molar-refractivity contribution in [3.8, 4) is 0 Å². The highest BCUT2D eigenvalue weighted by Gasteiger charge is 2.47. The summed E-state index contributed by atoms with van der Waals surface area (Å²) in [6.07, 6.45) is 0. The minimum Gasteiger partial charge on any atom is -0.284 e. The van der Waals surface area contributed by atoms with E-state index in [0.717, 1.165) is 16.4 Å². The molecule has 35 heavy (non-hydrogen) atoms. The smallest absolute Gasteiger partial charge is 0.269 e. The van der Waals surface area contributed by atoms with E-state index in [4.69, 9.17) is 34.8 Å². The Balaban J connectivity index is 1.83. The summed E-state index contributed by atoms with van der Waals surface area (Å²) < 4.78 is 45.4. The van der Waals surface area contributed by atoms with Gasteiger partial charge in [-0.25, -0.2) is 17.1 Å². The van der Waals surface area contributed by atoms with Crippen LogP contribution in [0.3, 0.4) is 0 Å². The van der Waals surface area contributed by atoms with E-state index in [9.17, 15) is 17.6 Å². The van der Waals surface area contributed by atoms with Gasteiger partial charge in [0, 0.05) is 21.1 Å². The molecule has 0 fully saturated rings. The standard InChI is InChI=1S/C25H16Cl3FN2O3S/c26-17-8-4-15(5-9-17)24-25(16-6-10-18(27)11-7-16)31(22-2-1-3-23(32)30(22)24)35(33,34)21-14-19(28)12-13-20(21)29/h1-14,24-25H/t24-,25+/m0/s1. The first-order chi connectivity index (χ1) is 16.7. The van der Waals surface area contributed by atoms with Crippen LogP contribution in [0.25, 0.3) is 0 Å². The summed E-state index contributed by atoms with van der Waals surface area (Å²) in [5.74, 6) is -0.860. The van der Waals surface area contributed by atoms with Crippen LogP contribution in [0, 0.1) is 5.82 Å². The number of fused-ring (bicyclic) bond motifs is 1. The topological polar surface area (TPSA) is 59.4 Å². The molecule has 3 aromatic carbocycles. The fraction of sp³-hybridized carbons (Fsp3) is 0.0800. The lowest BCUT2D eigenvalue weighted by Gasteiger charge is -2.29. The monoisotopic (exact) mass is 548 g/mol. The molecule has 10 heteroatoms. The van der Waals surface area contributed by atoms with Crippen LogP contribution in [-0.4, -0.2) is 13.0 Å². The van der Waals surface area contributed by atoms with E-state index in [0.29, 0.717) is 21.2 Å². The summed E-state index contributed by atoms with van der Waals surface area (Å²) in [6, 6.07) is 19.4. The molecule has 178 valence electrons. The fourth-order valence-corrected chi connectivity index (χ4v) is 6.61. The molecule has 5 nitrogen and oxygen atoms in total. The second kappa shape index (κ2) is 8.99. The average molecular weight is 550 g/mol. The van der Waals surface area contributed by atoms with Crippen LogP contribution in [0.2, 0.25) is 15.1 Å². The van der Waals surface area contributed by atoms with Gasteiger partial charge in [0.05, 0.1) is 12.1 Å². The lowest BCUT2D eigenvalue weighted by molar-refractivity contribution is 0.525. The van der Waals surface area contributed by atoms with E-state index < -0.39 is 38.4 Å². The molecular formula is C25H16Cl3FN2O3S. The zero-order valence-electron chi connectivity index (χ0n) is 17.8. The lowest BCUT2D eigenvalue weighted by atomic mass is 9.94. The zero-order chi connectivity index (χ0) is 24.9. The number of nitrogens with zero attached hydrogens (tertiary/aromatic N) is 2. The van der Waals surface area contributed by atoms with E-state index in [1.807, 2.05) is 0 Å². The predicted octanol–water partition coefficient (Wildman–Crippen LogP) is 6.49. The number of sulfonamides is 1. The van der Waals surface area contributed by atoms with E-state index in [1.165, 1.54) is 28.8 Å². The van der Waals surface area contributed by atoms with Crippen LogP contribution in [0.4, 0.5) is 10.2 Å². The molecule has 0 saturated heterocycles. The SMILES string of the molecule is O=c1cccc2n1[C@@H](c1ccc(Cl)cc1)[C@@H](c1ccc(Cl)cc1)N2S(=O)(=O)c1cc(Cl)ccc1F. The maximum atomic E-state index is 14.9. The van der Waals surface area contributed by atoms with E-state index >= 15 is 0 Å². The molecule has 4 aromatic rings. The number of hydrogen-bond acceptors (Lipinski definition) is 3. The number of rotatable bonds is 4. The lowest BCUT2D eigenvalue weighted by Crippen LogP contribution is -2.34. The Morgan fingerprint density at radius 3 is 1.86 bits per heavy atom. The van der Waals surface area contributed by atoms with Crippen molar-refractivity contribution < 1.29 is 12.8 Å². The van der Waals surface area contributed by atoms with Crippen molar-refractivity contribution in [2.24, 2.45) is 0 Å². The predicted molar refractivity (Wildman–Crippen MR) is 136 cm³/mol. The normalized spacial score (nSPS) is 17.4. The largest absolute Gasteiger partial charge is 0.284 e. The van der Waals surface area contributed by atoms with Crippen molar-refractivity contribution in [1.29, 1.82) is 0 Å². The van der Waals surface area contributed by atoms with Crippen molar-refractivity contribution >= 4 is 50.6 Å². The van der Waals surface area contributed by atoms with Crippen LogP contribution in [0.1, 0.15) is 23.2 Å². The van der Waals surface area contributed by atoms with Crippen LogP contribution >= 0.6 is 34.8 Å². The van der Waals surface area contributed by atoms with Crippen LogP contribution in [-0.2, 0) is 10.0 Å². The molecule has 0 amide bonds. The quantitative estimate of drug-likeness (QED) is 0.292. The second-order valence-electron chi connectivity index (χ2n) is 7.96. The van der Waals surface area contributed by atoms with E-state index in [-0.39, 0.29) is 10.8 Å². The highest BCUT2D eigenvalue weighted by Crippen LogP contribution is 2.49. The maximum Gasteiger partial charge on any atom is 0.269 e. The first-order valence-electron chi connectivity index (χ1n) is 10.4. The van der Waals surface area contributed by atoms with Gasteiger partial charge in [-0.3, -0.25) is 9.36 Å². The number of halogens is 4. The maximum absolute atomic E-state index is 14.9. The van der Waals surface area contributed by atoms with Crippen molar-refractivity contribution in [1.82, 2.24) is 4.57 Å². The molecule has 0 spiro atoms. The molecular weight excluding hydrogens is 534 g/mol. The Kier molecular flexibility index (Phi) is 6.13. The van der Waals surface area contributed by atoms with Crippen LogP contribution in [0.15, 0.2) is 94.6 Å². The fourth-order valence-electron chi connectivity index (χ4n) is 4.38. The number of pyridine rings is 1. The van der Waals surface area contributed by atoms with Crippen molar-refractivity contribution in [3.63, 3.8) is 0 Å². The molecule has 0 bridgehead atoms. The molecule has 0 aliphatic carbocycles. The molecule has 2 heterocycles. The summed E-state index contributed by atoms with van der Waals surface area (Å²) in [7, 11) is -4.52. The Labute approximate surface area is 216 Å². The molecule has 2 atom stereocenters. The minimum atomic E-state index is -4.52. The van der Waals surface area contributed by atoms with E-state index in [2.05, 4.69) is 0 Å². The summed E-state index contributed by atoms with van der Waals surface area (Å²) >= 11 is 18.2. The van der Waals surface area contributed by atoms with Gasteiger partial charge in [0.25, 0.3) is 15.6 Å². The minimum absolute atomic E-state index is 0.0620. The van der Waals surface area contributed by atoms with Gasteiger partial charge in [-0.15, -0.1) is 0 Å². The van der Waals surface area contributed by atoms with Gasteiger partial charge < -0.3 is 0 Å². The van der Waals surface area contributed by atoms with Crippen molar-refractivity contribution in [3.05, 3.63) is 127 Å². The Morgan fingerprint density at radius 1 is 0.714 bits per heavy atom. The van der Waals surface area contributed by atoms with Gasteiger partial charge in [0.15, 0.2) is 0 Å². The Bertz CT molecular complexity index is 1590. The molecule has 1 aromatic heterocycles. The van der Waals surface area contributed by atoms with Crippen LogP contribution in [0.5, 0.6) is 0 Å². The Morgan fingerprint density at radius 2 is 1.26 bits per heavy atom. The molecule has 5 rings (SSSR count). The average Bonchev–Trinajstić information content (AvgIpc) is 3.19. The van der Waals surface area contributed by atoms with Gasteiger partial charge in [0.1, 0.15) is 16.5 Å². The van der Waals surface area contributed by atoms with E-state index in [1.54, 1.807) is 48.5 Å². The first kappa shape index (κ1) is 23.9.